The van der Waals surface area contributed by atoms with Crippen molar-refractivity contribution in [3.63, 3.8) is 0 Å². The number of nitrogens with one attached hydrogen (secondary N) is 1. The Morgan fingerprint density at radius 3 is 1.28 bits per heavy atom. The second-order valence-electron chi connectivity index (χ2n) is 14.4. The smallest absolute Gasteiger partial charge is 0.303 e. The van der Waals surface area contributed by atoms with Crippen LogP contribution in [0.2, 0.25) is 0 Å². The maximum absolute atomic E-state index is 11.9. The predicted octanol–water partition coefficient (Wildman–Crippen LogP) is 11.8. The summed E-state index contributed by atoms with van der Waals surface area (Å²) in [6, 6.07) is 0. The zero-order chi connectivity index (χ0) is 33.8. The molecule has 0 saturated carbocycles. The van der Waals surface area contributed by atoms with Crippen molar-refractivity contribution in [1.82, 2.24) is 10.4 Å². The summed E-state index contributed by atoms with van der Waals surface area (Å²) in [4.78, 5) is 22.2. The first-order valence-corrected chi connectivity index (χ1v) is 20.3. The number of nitrogens with zero attached hydrogens (tertiary/aromatic N) is 1. The Morgan fingerprint density at radius 2 is 0.913 bits per heavy atom. The molecule has 1 aliphatic rings. The molecule has 1 aliphatic heterocycles. The molecule has 2 N–H and O–H groups in total. The van der Waals surface area contributed by atoms with Crippen LogP contribution in [-0.4, -0.2) is 48.3 Å². The van der Waals surface area contributed by atoms with Gasteiger partial charge in [-0.1, -0.05) is 188 Å². The summed E-state index contributed by atoms with van der Waals surface area (Å²) in [6.45, 7) is 9.97. The summed E-state index contributed by atoms with van der Waals surface area (Å²) in [7, 11) is 0. The predicted molar refractivity (Wildman–Crippen MR) is 197 cm³/mol. The molecule has 0 atom stereocenters. The number of hydrazine groups is 1. The van der Waals surface area contributed by atoms with Crippen molar-refractivity contribution < 1.29 is 19.4 Å². The quantitative estimate of drug-likeness (QED) is 0.0707. The molecule has 0 radical (unpaired) electrons. The van der Waals surface area contributed by atoms with Crippen molar-refractivity contribution in [2.24, 2.45) is 5.92 Å². The first-order valence-electron chi connectivity index (χ1n) is 20.3. The molecule has 6 nitrogen and oxygen atoms in total. The Labute approximate surface area is 286 Å². The van der Waals surface area contributed by atoms with Gasteiger partial charge in [0.25, 0.3) is 0 Å². The maximum atomic E-state index is 11.9. The molecular formula is C40H80N2O4. The number of amides is 1. The van der Waals surface area contributed by atoms with E-state index in [2.05, 4.69) is 26.2 Å². The second kappa shape index (κ2) is 36.7. The lowest BCUT2D eigenvalue weighted by Crippen LogP contribution is -2.48. The molecule has 1 heterocycles. The van der Waals surface area contributed by atoms with Crippen molar-refractivity contribution in [1.29, 1.82) is 0 Å². The van der Waals surface area contributed by atoms with Gasteiger partial charge >= 0.3 is 5.97 Å². The highest BCUT2D eigenvalue weighted by Crippen LogP contribution is 2.15. The molecule has 1 rings (SSSR count). The lowest BCUT2D eigenvalue weighted by molar-refractivity contribution is -0.137. The second-order valence-corrected chi connectivity index (χ2v) is 14.4. The van der Waals surface area contributed by atoms with Gasteiger partial charge in [0, 0.05) is 25.9 Å². The van der Waals surface area contributed by atoms with Gasteiger partial charge in [0.2, 0.25) is 5.91 Å². The Bertz CT molecular complexity index is 637. The Kier molecular flexibility index (Phi) is 35.8. The van der Waals surface area contributed by atoms with E-state index in [-0.39, 0.29) is 5.91 Å². The van der Waals surface area contributed by atoms with Gasteiger partial charge in [0.1, 0.15) is 0 Å². The van der Waals surface area contributed by atoms with Crippen LogP contribution in [0.15, 0.2) is 0 Å². The standard InChI is InChI=1S/C22H44N2O2.C18H36O2/c1-21(2)15-13-11-9-7-5-3-4-6-8-10-12-14-16-22(25)23-24-17-19-26-20-18-24;1-2-3-4-5-6-7-8-9-10-11-12-13-14-15-16-17-18(19)20/h21H,3-20H2,1-2H3,(H,23,25);2-17H2,1H3,(H,19,20). The highest BCUT2D eigenvalue weighted by atomic mass is 16.5. The van der Waals surface area contributed by atoms with Gasteiger partial charge in [-0.05, 0) is 18.8 Å². The molecule has 1 fully saturated rings. The van der Waals surface area contributed by atoms with Crippen LogP contribution in [-0.2, 0) is 14.3 Å². The van der Waals surface area contributed by atoms with Gasteiger partial charge in [0.05, 0.1) is 13.2 Å². The summed E-state index contributed by atoms with van der Waals surface area (Å²) < 4.78 is 5.28. The van der Waals surface area contributed by atoms with Gasteiger partial charge in [-0.25, -0.2) is 5.01 Å². The molecule has 0 aliphatic carbocycles. The van der Waals surface area contributed by atoms with Crippen LogP contribution in [0.5, 0.6) is 0 Å². The zero-order valence-corrected chi connectivity index (χ0v) is 31.2. The molecule has 1 amide bonds. The summed E-state index contributed by atoms with van der Waals surface area (Å²) >= 11 is 0. The average molecular weight is 653 g/mol. The summed E-state index contributed by atoms with van der Waals surface area (Å²) in [5.74, 6) is 0.383. The van der Waals surface area contributed by atoms with Crippen LogP contribution in [0.1, 0.15) is 213 Å². The first-order chi connectivity index (χ1) is 22.5. The van der Waals surface area contributed by atoms with Crippen LogP contribution in [0.3, 0.4) is 0 Å². The van der Waals surface area contributed by atoms with Gasteiger partial charge in [-0.15, -0.1) is 0 Å². The molecule has 46 heavy (non-hydrogen) atoms. The molecular weight excluding hydrogens is 572 g/mol. The molecule has 274 valence electrons. The van der Waals surface area contributed by atoms with E-state index in [1.807, 2.05) is 5.01 Å². The summed E-state index contributed by atoms with van der Waals surface area (Å²) in [5.41, 5.74) is 2.98. The number of rotatable bonds is 32. The minimum atomic E-state index is -0.653. The minimum Gasteiger partial charge on any atom is -0.481 e. The van der Waals surface area contributed by atoms with Crippen molar-refractivity contribution in [3.05, 3.63) is 0 Å². The van der Waals surface area contributed by atoms with Crippen molar-refractivity contribution in [2.75, 3.05) is 26.3 Å². The monoisotopic (exact) mass is 653 g/mol. The van der Waals surface area contributed by atoms with E-state index in [0.29, 0.717) is 12.8 Å². The number of carbonyl (C=O) groups excluding carboxylic acids is 1. The van der Waals surface area contributed by atoms with E-state index >= 15 is 0 Å². The number of hydrogen-bond donors (Lipinski definition) is 2. The van der Waals surface area contributed by atoms with Crippen LogP contribution in [0.4, 0.5) is 0 Å². The topological polar surface area (TPSA) is 78.9 Å². The summed E-state index contributed by atoms with van der Waals surface area (Å²) in [6.07, 6.45) is 38.4. The van der Waals surface area contributed by atoms with Crippen molar-refractivity contribution >= 4 is 11.9 Å². The SMILES string of the molecule is CC(C)CCCCCCCCCCCCCCC(=O)NN1CCOCC1.CCCCCCCCCCCCCCCCCC(=O)O. The third kappa shape index (κ3) is 37.3. The van der Waals surface area contributed by atoms with E-state index < -0.39 is 5.97 Å². The number of unbranched alkanes of at least 4 members (excludes halogenated alkanes) is 25. The van der Waals surface area contributed by atoms with Gasteiger partial charge in [-0.3, -0.25) is 15.0 Å². The van der Waals surface area contributed by atoms with Gasteiger partial charge < -0.3 is 9.84 Å². The minimum absolute atomic E-state index is 0.167. The largest absolute Gasteiger partial charge is 0.481 e. The van der Waals surface area contributed by atoms with E-state index in [4.69, 9.17) is 9.84 Å². The number of aliphatic carboxylic acids is 1. The molecule has 0 spiro atoms. The molecule has 0 aromatic rings. The molecule has 0 aromatic heterocycles. The molecule has 0 aromatic carbocycles. The van der Waals surface area contributed by atoms with E-state index in [1.165, 1.54) is 161 Å². The number of carbonyl (C=O) groups is 2. The fourth-order valence-electron chi connectivity index (χ4n) is 6.16. The highest BCUT2D eigenvalue weighted by Gasteiger charge is 2.12. The molecule has 0 unspecified atom stereocenters. The lowest BCUT2D eigenvalue weighted by Gasteiger charge is -2.26. The Morgan fingerprint density at radius 1 is 0.565 bits per heavy atom. The summed E-state index contributed by atoms with van der Waals surface area (Å²) in [5, 5.41) is 10.5. The normalized spacial score (nSPS) is 13.5. The molecule has 0 bridgehead atoms. The van der Waals surface area contributed by atoms with Gasteiger partial charge in [-0.2, -0.15) is 0 Å². The van der Waals surface area contributed by atoms with Gasteiger partial charge in [0.15, 0.2) is 0 Å². The fraction of sp³-hybridized carbons (Fsp3) is 0.950. The lowest BCUT2D eigenvalue weighted by atomic mass is 10.0. The maximum Gasteiger partial charge on any atom is 0.303 e. The average Bonchev–Trinajstić information content (AvgIpc) is 3.03. The van der Waals surface area contributed by atoms with E-state index in [1.54, 1.807) is 0 Å². The number of hydrogen-bond acceptors (Lipinski definition) is 4. The molecule has 6 heteroatoms. The third-order valence-electron chi connectivity index (χ3n) is 9.22. The zero-order valence-electron chi connectivity index (χ0n) is 31.2. The van der Waals surface area contributed by atoms with Crippen LogP contribution in [0, 0.1) is 5.92 Å². The van der Waals surface area contributed by atoms with Crippen LogP contribution >= 0.6 is 0 Å². The Hall–Kier alpha value is -1.14. The number of morpholine rings is 1. The first kappa shape index (κ1) is 44.9. The van der Waals surface area contributed by atoms with E-state index in [0.717, 1.165) is 51.5 Å². The van der Waals surface area contributed by atoms with E-state index in [9.17, 15) is 9.59 Å². The molecule has 1 saturated heterocycles. The number of carboxylic acids is 1. The highest BCUT2D eigenvalue weighted by molar-refractivity contribution is 5.75. The Balaban J connectivity index is 0.000000914. The van der Waals surface area contributed by atoms with Crippen LogP contribution < -0.4 is 5.43 Å². The van der Waals surface area contributed by atoms with Crippen molar-refractivity contribution in [2.45, 2.75) is 213 Å². The number of ether oxygens (including phenoxy) is 1. The van der Waals surface area contributed by atoms with Crippen LogP contribution in [0.25, 0.3) is 0 Å². The third-order valence-corrected chi connectivity index (χ3v) is 9.22. The number of carboxylic acid groups (broad SMARTS) is 1. The fourth-order valence-corrected chi connectivity index (χ4v) is 6.16. The van der Waals surface area contributed by atoms with Crippen molar-refractivity contribution in [3.8, 4) is 0 Å².